The summed E-state index contributed by atoms with van der Waals surface area (Å²) in [5.41, 5.74) is 1.42. The fourth-order valence-electron chi connectivity index (χ4n) is 3.83. The summed E-state index contributed by atoms with van der Waals surface area (Å²) in [6.45, 7) is 1.73. The fraction of sp³-hybridized carbons (Fsp3) is 0.350. The van der Waals surface area contributed by atoms with Gasteiger partial charge in [0, 0.05) is 48.9 Å². The third-order valence-electron chi connectivity index (χ3n) is 5.49. The lowest BCUT2D eigenvalue weighted by Crippen LogP contribution is -2.31. The van der Waals surface area contributed by atoms with Gasteiger partial charge in [0.05, 0.1) is 0 Å². The zero-order chi connectivity index (χ0) is 18.1. The van der Waals surface area contributed by atoms with Crippen LogP contribution in [0.5, 0.6) is 0 Å². The number of amides is 2. The number of halogens is 1. The molecule has 2 aromatic rings. The first-order chi connectivity index (χ1) is 12.6. The van der Waals surface area contributed by atoms with Crippen molar-refractivity contribution >= 4 is 11.8 Å². The number of carbonyl (C=O) groups excluding carboxylic acids is 2. The Kier molecular flexibility index (Phi) is 4.18. The summed E-state index contributed by atoms with van der Waals surface area (Å²) in [6.07, 6.45) is 5.07. The van der Waals surface area contributed by atoms with Gasteiger partial charge < -0.3 is 10.2 Å². The first kappa shape index (κ1) is 16.7. The summed E-state index contributed by atoms with van der Waals surface area (Å²) in [6, 6.07) is 9.36. The molecule has 1 saturated carbocycles. The summed E-state index contributed by atoms with van der Waals surface area (Å²) in [5, 5.41) is 2.98. The molecule has 1 aromatic carbocycles. The lowest BCUT2D eigenvalue weighted by atomic mass is 10.0. The van der Waals surface area contributed by atoms with Crippen molar-refractivity contribution in [3.8, 4) is 0 Å². The van der Waals surface area contributed by atoms with Crippen LogP contribution in [-0.2, 0) is 11.3 Å². The van der Waals surface area contributed by atoms with Crippen LogP contribution in [0.2, 0.25) is 0 Å². The van der Waals surface area contributed by atoms with E-state index in [1.54, 1.807) is 17.3 Å². The second kappa shape index (κ2) is 6.52. The maximum Gasteiger partial charge on any atom is 0.253 e. The largest absolute Gasteiger partial charge is 0.352 e. The molecule has 5 nitrogen and oxygen atoms in total. The molecule has 2 fully saturated rings. The minimum Gasteiger partial charge on any atom is -0.352 e. The zero-order valence-electron chi connectivity index (χ0n) is 14.3. The first-order valence-corrected chi connectivity index (χ1v) is 8.79. The van der Waals surface area contributed by atoms with Crippen LogP contribution in [0.1, 0.15) is 28.8 Å². The van der Waals surface area contributed by atoms with Crippen LogP contribution in [0.4, 0.5) is 4.39 Å². The van der Waals surface area contributed by atoms with Gasteiger partial charge >= 0.3 is 0 Å². The molecule has 0 radical (unpaired) electrons. The predicted molar refractivity (Wildman–Crippen MR) is 93.5 cm³/mol. The highest BCUT2D eigenvalue weighted by molar-refractivity contribution is 5.94. The van der Waals surface area contributed by atoms with Crippen molar-refractivity contribution in [3.05, 3.63) is 65.7 Å². The lowest BCUT2D eigenvalue weighted by molar-refractivity contribution is -0.123. The summed E-state index contributed by atoms with van der Waals surface area (Å²) in [5.74, 6) is -0.425. The van der Waals surface area contributed by atoms with E-state index in [0.29, 0.717) is 25.2 Å². The molecule has 1 spiro atoms. The molecule has 26 heavy (non-hydrogen) atoms. The Hall–Kier alpha value is -2.76. The van der Waals surface area contributed by atoms with Gasteiger partial charge in [-0.2, -0.15) is 0 Å². The standard InChI is InChI=1S/C20H20FN3O2/c21-16-3-1-15(2-4-16)19(26)24-10-7-20(13-24)11-17(20)18(25)23-12-14-5-8-22-9-6-14/h1-6,8-9,17H,7,10-13H2,(H,23,25). The third-order valence-corrected chi connectivity index (χ3v) is 5.49. The van der Waals surface area contributed by atoms with E-state index in [2.05, 4.69) is 10.3 Å². The molecular formula is C20H20FN3O2. The quantitative estimate of drug-likeness (QED) is 0.918. The number of likely N-dealkylation sites (tertiary alicyclic amines) is 1. The zero-order valence-corrected chi connectivity index (χ0v) is 14.3. The summed E-state index contributed by atoms with van der Waals surface area (Å²) >= 11 is 0. The normalized spacial score (nSPS) is 23.9. The third kappa shape index (κ3) is 3.19. The Balaban J connectivity index is 1.33. The van der Waals surface area contributed by atoms with E-state index < -0.39 is 0 Å². The molecule has 1 aliphatic heterocycles. The van der Waals surface area contributed by atoms with Crippen molar-refractivity contribution in [2.45, 2.75) is 19.4 Å². The number of nitrogens with zero attached hydrogens (tertiary/aromatic N) is 2. The fourth-order valence-corrected chi connectivity index (χ4v) is 3.83. The Morgan fingerprint density at radius 2 is 1.92 bits per heavy atom. The summed E-state index contributed by atoms with van der Waals surface area (Å²) in [7, 11) is 0. The van der Waals surface area contributed by atoms with Crippen molar-refractivity contribution in [3.63, 3.8) is 0 Å². The van der Waals surface area contributed by atoms with Crippen molar-refractivity contribution in [1.29, 1.82) is 0 Å². The molecule has 4 rings (SSSR count). The topological polar surface area (TPSA) is 62.3 Å². The number of rotatable bonds is 4. The number of hydrogen-bond acceptors (Lipinski definition) is 3. The van der Waals surface area contributed by atoms with Crippen LogP contribution < -0.4 is 5.32 Å². The molecule has 2 unspecified atom stereocenters. The number of nitrogens with one attached hydrogen (secondary N) is 1. The molecule has 1 aromatic heterocycles. The number of pyridine rings is 1. The van der Waals surface area contributed by atoms with E-state index in [9.17, 15) is 14.0 Å². The highest BCUT2D eigenvalue weighted by atomic mass is 19.1. The van der Waals surface area contributed by atoms with Gasteiger partial charge in [0.1, 0.15) is 5.82 Å². The first-order valence-electron chi connectivity index (χ1n) is 8.79. The van der Waals surface area contributed by atoms with Crippen molar-refractivity contribution < 1.29 is 14.0 Å². The molecule has 6 heteroatoms. The molecule has 2 amide bonds. The van der Waals surface area contributed by atoms with Gasteiger partial charge in [0.25, 0.3) is 5.91 Å². The molecule has 134 valence electrons. The van der Waals surface area contributed by atoms with Crippen LogP contribution in [0.3, 0.4) is 0 Å². The number of carbonyl (C=O) groups is 2. The van der Waals surface area contributed by atoms with Crippen LogP contribution in [0.15, 0.2) is 48.8 Å². The van der Waals surface area contributed by atoms with Gasteiger partial charge in [-0.3, -0.25) is 14.6 Å². The highest BCUT2D eigenvalue weighted by Crippen LogP contribution is 2.58. The molecule has 2 atom stereocenters. The van der Waals surface area contributed by atoms with Gasteiger partial charge in [0.2, 0.25) is 5.91 Å². The smallest absolute Gasteiger partial charge is 0.253 e. The second-order valence-corrected chi connectivity index (χ2v) is 7.18. The Morgan fingerprint density at radius 3 is 2.65 bits per heavy atom. The van der Waals surface area contributed by atoms with Gasteiger partial charge in [-0.1, -0.05) is 0 Å². The summed E-state index contributed by atoms with van der Waals surface area (Å²) in [4.78, 5) is 30.8. The van der Waals surface area contributed by atoms with Gasteiger partial charge in [-0.05, 0) is 54.8 Å². The maximum atomic E-state index is 13.0. The minimum absolute atomic E-state index is 0.0321. The number of aromatic nitrogens is 1. The average molecular weight is 353 g/mol. The van der Waals surface area contributed by atoms with Crippen LogP contribution in [0.25, 0.3) is 0 Å². The van der Waals surface area contributed by atoms with Gasteiger partial charge in [0.15, 0.2) is 0 Å². The van der Waals surface area contributed by atoms with Crippen LogP contribution in [0, 0.1) is 17.2 Å². The highest BCUT2D eigenvalue weighted by Gasteiger charge is 2.61. The Morgan fingerprint density at radius 1 is 1.19 bits per heavy atom. The molecule has 1 N–H and O–H groups in total. The Bertz CT molecular complexity index is 825. The number of benzene rings is 1. The summed E-state index contributed by atoms with van der Waals surface area (Å²) < 4.78 is 13.0. The second-order valence-electron chi connectivity index (χ2n) is 7.18. The molecule has 2 heterocycles. The number of hydrogen-bond donors (Lipinski definition) is 1. The van der Waals surface area contributed by atoms with Crippen LogP contribution in [-0.4, -0.2) is 34.8 Å². The molecule has 1 saturated heterocycles. The predicted octanol–water partition coefficient (Wildman–Crippen LogP) is 2.39. The molecule has 2 aliphatic rings. The average Bonchev–Trinajstić information content (AvgIpc) is 3.20. The van der Waals surface area contributed by atoms with Crippen LogP contribution >= 0.6 is 0 Å². The van der Waals surface area contributed by atoms with E-state index in [4.69, 9.17) is 0 Å². The lowest BCUT2D eigenvalue weighted by Gasteiger charge is -2.17. The maximum absolute atomic E-state index is 13.0. The van der Waals surface area contributed by atoms with Crippen molar-refractivity contribution in [2.75, 3.05) is 13.1 Å². The van der Waals surface area contributed by atoms with Gasteiger partial charge in [-0.15, -0.1) is 0 Å². The van der Waals surface area contributed by atoms with E-state index in [1.165, 1.54) is 24.3 Å². The monoisotopic (exact) mass is 353 g/mol. The SMILES string of the molecule is O=C(NCc1ccncc1)C1CC12CCN(C(=O)c1ccc(F)cc1)C2. The molecular weight excluding hydrogens is 333 g/mol. The van der Waals surface area contributed by atoms with Crippen molar-refractivity contribution in [1.82, 2.24) is 15.2 Å². The van der Waals surface area contributed by atoms with E-state index in [-0.39, 0.29) is 29.0 Å². The van der Waals surface area contributed by atoms with Gasteiger partial charge in [-0.25, -0.2) is 4.39 Å². The van der Waals surface area contributed by atoms with Crippen molar-refractivity contribution in [2.24, 2.45) is 11.3 Å². The molecule has 0 bridgehead atoms. The Labute approximate surface area is 151 Å². The minimum atomic E-state index is -0.354. The van der Waals surface area contributed by atoms with E-state index in [1.807, 2.05) is 12.1 Å². The van der Waals surface area contributed by atoms with E-state index >= 15 is 0 Å². The van der Waals surface area contributed by atoms with E-state index in [0.717, 1.165) is 18.4 Å². The molecule has 1 aliphatic carbocycles.